The molecule has 53 heavy (non-hydrogen) atoms. The maximum atomic E-state index is 12.1. The van der Waals surface area contributed by atoms with E-state index in [2.05, 4.69) is 65.6 Å². The SMILES string of the molecule is C1CCC(NC2CCCCC2)CC1.CC(=O)O.CC(=O)c1ccccc1CC[C@@H](SCC1CC1)c1cccc(C=Cc2ccc3ccc(Cl)cc3n2)c1. The number of Topliss-reactive ketones (excluding diaryl/α,β-unsaturated/α-hetero) is 1. The van der Waals surface area contributed by atoms with E-state index in [1.807, 2.05) is 42.5 Å². The Morgan fingerprint density at radius 3 is 2.15 bits per heavy atom. The molecule has 1 atom stereocenters. The van der Waals surface area contributed by atoms with Crippen molar-refractivity contribution in [2.75, 3.05) is 5.75 Å². The number of nitrogens with one attached hydrogen (secondary N) is 1. The van der Waals surface area contributed by atoms with E-state index in [4.69, 9.17) is 26.5 Å². The van der Waals surface area contributed by atoms with E-state index in [1.54, 1.807) is 6.92 Å². The number of fused-ring (bicyclic) bond motifs is 1. The van der Waals surface area contributed by atoms with Crippen molar-refractivity contribution in [3.8, 4) is 0 Å². The first-order valence-corrected chi connectivity index (χ1v) is 21.2. The molecule has 0 spiro atoms. The van der Waals surface area contributed by atoms with Crippen LogP contribution in [0.1, 0.15) is 135 Å². The molecule has 7 rings (SSSR count). The lowest BCUT2D eigenvalue weighted by atomic mass is 9.91. The standard InChI is InChI=1S/C32H30ClNOS.C12H23N.C2H4O2/c1-22(35)30-8-3-2-6-25(30)14-18-32(36-21-24-9-10-24)27-7-4-5-23(19-27)11-16-29-17-13-26-12-15-28(33)20-31(26)34-29;1-3-7-11(8-4-1)13-12-9-5-2-6-10-12;1-2(3)4/h2-8,11-13,15-17,19-20,24,32H,9-10,14,18,21H2,1H3;11-13H,1-10H2;1H3,(H,3,4)/t32-;;/m1../s1. The normalized spacial score (nSPS) is 17.0. The third kappa shape index (κ3) is 14.4. The predicted octanol–water partition coefficient (Wildman–Crippen LogP) is 12.4. The number of carboxylic acid groups (broad SMARTS) is 1. The molecule has 7 heteroatoms. The molecule has 1 aromatic heterocycles. The molecule has 3 saturated carbocycles. The van der Waals surface area contributed by atoms with Gasteiger partial charge in [-0.1, -0.05) is 117 Å². The van der Waals surface area contributed by atoms with E-state index in [9.17, 15) is 4.79 Å². The highest BCUT2D eigenvalue weighted by molar-refractivity contribution is 7.99. The third-order valence-corrected chi connectivity index (χ3v) is 12.2. The van der Waals surface area contributed by atoms with Gasteiger partial charge in [0.1, 0.15) is 0 Å². The van der Waals surface area contributed by atoms with Crippen LogP contribution in [-0.4, -0.2) is 39.7 Å². The number of halogens is 1. The van der Waals surface area contributed by atoms with Crippen molar-refractivity contribution in [2.45, 2.75) is 121 Å². The number of aromatic nitrogens is 1. The molecular formula is C46H57ClN2O3S. The highest BCUT2D eigenvalue weighted by Crippen LogP contribution is 2.41. The average molecular weight is 753 g/mol. The van der Waals surface area contributed by atoms with Crippen LogP contribution in [-0.2, 0) is 11.2 Å². The van der Waals surface area contributed by atoms with Crippen LogP contribution in [0.4, 0.5) is 0 Å². The number of carboxylic acids is 1. The molecule has 0 radical (unpaired) electrons. The number of carbonyl (C=O) groups is 2. The van der Waals surface area contributed by atoms with Gasteiger partial charge < -0.3 is 10.4 Å². The van der Waals surface area contributed by atoms with E-state index in [1.165, 1.54) is 93.9 Å². The molecular weight excluding hydrogens is 696 g/mol. The number of aryl methyl sites for hydroxylation is 1. The topological polar surface area (TPSA) is 79.3 Å². The second-order valence-electron chi connectivity index (χ2n) is 14.9. The molecule has 5 nitrogen and oxygen atoms in total. The summed E-state index contributed by atoms with van der Waals surface area (Å²) in [5.74, 6) is 1.39. The summed E-state index contributed by atoms with van der Waals surface area (Å²) in [5.41, 5.74) is 6.34. The number of carbonyl (C=O) groups excluding carboxylic acids is 1. The van der Waals surface area contributed by atoms with Gasteiger partial charge in [-0.05, 0) is 111 Å². The number of hydrogen-bond donors (Lipinski definition) is 2. The van der Waals surface area contributed by atoms with Crippen LogP contribution in [0.25, 0.3) is 23.1 Å². The minimum Gasteiger partial charge on any atom is -0.481 e. The Morgan fingerprint density at radius 2 is 1.49 bits per heavy atom. The number of aliphatic carboxylic acids is 1. The molecule has 3 aromatic carbocycles. The molecule has 0 aliphatic heterocycles. The highest BCUT2D eigenvalue weighted by Gasteiger charge is 2.24. The van der Waals surface area contributed by atoms with E-state index in [0.717, 1.165) is 65.5 Å². The van der Waals surface area contributed by atoms with Crippen molar-refractivity contribution in [1.29, 1.82) is 0 Å². The van der Waals surface area contributed by atoms with Gasteiger partial charge in [-0.15, -0.1) is 0 Å². The fourth-order valence-electron chi connectivity index (χ4n) is 7.37. The Bertz CT molecular complexity index is 1770. The van der Waals surface area contributed by atoms with Crippen LogP contribution >= 0.6 is 23.4 Å². The number of nitrogens with zero attached hydrogens (tertiary/aromatic N) is 1. The maximum Gasteiger partial charge on any atom is 0.300 e. The molecule has 0 saturated heterocycles. The van der Waals surface area contributed by atoms with Gasteiger partial charge >= 0.3 is 0 Å². The Balaban J connectivity index is 0.000000263. The number of thioether (sulfide) groups is 1. The van der Waals surface area contributed by atoms with Gasteiger partial charge in [0.25, 0.3) is 5.97 Å². The number of hydrogen-bond acceptors (Lipinski definition) is 5. The van der Waals surface area contributed by atoms with Gasteiger partial charge in [0.15, 0.2) is 5.78 Å². The Morgan fingerprint density at radius 1 is 0.830 bits per heavy atom. The first kappa shape index (κ1) is 40.7. The lowest BCUT2D eigenvalue weighted by molar-refractivity contribution is -0.134. The molecule has 3 aliphatic carbocycles. The predicted molar refractivity (Wildman–Crippen MR) is 225 cm³/mol. The van der Waals surface area contributed by atoms with Crippen molar-refractivity contribution in [1.82, 2.24) is 10.3 Å². The summed E-state index contributed by atoms with van der Waals surface area (Å²) in [6, 6.07) is 28.5. The Kier molecular flexibility index (Phi) is 16.5. The van der Waals surface area contributed by atoms with Crippen molar-refractivity contribution in [3.05, 3.63) is 112 Å². The van der Waals surface area contributed by atoms with E-state index in [-0.39, 0.29) is 5.78 Å². The van der Waals surface area contributed by atoms with Crippen LogP contribution in [0, 0.1) is 5.92 Å². The summed E-state index contributed by atoms with van der Waals surface area (Å²) in [5, 5.41) is 13.5. The lowest BCUT2D eigenvalue weighted by Gasteiger charge is -2.30. The van der Waals surface area contributed by atoms with E-state index >= 15 is 0 Å². The summed E-state index contributed by atoms with van der Waals surface area (Å²) >= 11 is 8.22. The first-order valence-electron chi connectivity index (χ1n) is 19.7. The molecule has 3 fully saturated rings. The molecule has 282 valence electrons. The minimum absolute atomic E-state index is 0.143. The monoisotopic (exact) mass is 752 g/mol. The molecule has 2 N–H and O–H groups in total. The largest absolute Gasteiger partial charge is 0.481 e. The second kappa shape index (κ2) is 21.4. The molecule has 0 amide bonds. The molecule has 3 aliphatic rings. The van der Waals surface area contributed by atoms with Crippen LogP contribution in [0.2, 0.25) is 5.02 Å². The molecule has 4 aromatic rings. The van der Waals surface area contributed by atoms with E-state index in [0.29, 0.717) is 10.3 Å². The Labute approximate surface area is 326 Å². The maximum absolute atomic E-state index is 12.1. The zero-order valence-corrected chi connectivity index (χ0v) is 33.1. The summed E-state index contributed by atoms with van der Waals surface area (Å²) in [4.78, 5) is 25.8. The second-order valence-corrected chi connectivity index (χ2v) is 16.6. The van der Waals surface area contributed by atoms with Gasteiger partial charge in [0, 0.05) is 40.2 Å². The van der Waals surface area contributed by atoms with Crippen molar-refractivity contribution >= 4 is 58.2 Å². The summed E-state index contributed by atoms with van der Waals surface area (Å²) in [6.07, 6.45) is 23.4. The number of pyridine rings is 1. The summed E-state index contributed by atoms with van der Waals surface area (Å²) in [6.45, 7) is 2.74. The van der Waals surface area contributed by atoms with Crippen LogP contribution in [0.5, 0.6) is 0 Å². The average Bonchev–Trinajstić information content (AvgIpc) is 4.00. The zero-order valence-electron chi connectivity index (χ0n) is 31.6. The van der Waals surface area contributed by atoms with Crippen LogP contribution < -0.4 is 5.32 Å². The molecule has 1 heterocycles. The van der Waals surface area contributed by atoms with Crippen molar-refractivity contribution < 1.29 is 14.7 Å². The van der Waals surface area contributed by atoms with Gasteiger partial charge in [-0.25, -0.2) is 4.98 Å². The summed E-state index contributed by atoms with van der Waals surface area (Å²) in [7, 11) is 0. The zero-order chi connectivity index (χ0) is 37.4. The quantitative estimate of drug-likeness (QED) is 0.140. The number of benzene rings is 3. The van der Waals surface area contributed by atoms with Crippen molar-refractivity contribution in [2.24, 2.45) is 5.92 Å². The smallest absolute Gasteiger partial charge is 0.300 e. The fourth-order valence-corrected chi connectivity index (χ4v) is 8.99. The van der Waals surface area contributed by atoms with Gasteiger partial charge in [0.05, 0.1) is 11.2 Å². The van der Waals surface area contributed by atoms with Crippen LogP contribution in [0.15, 0.2) is 78.9 Å². The van der Waals surface area contributed by atoms with Gasteiger partial charge in [0.2, 0.25) is 0 Å². The number of ketones is 1. The highest BCUT2D eigenvalue weighted by atomic mass is 35.5. The molecule has 0 unspecified atom stereocenters. The van der Waals surface area contributed by atoms with Crippen LogP contribution in [0.3, 0.4) is 0 Å². The van der Waals surface area contributed by atoms with Gasteiger partial charge in [-0.2, -0.15) is 11.8 Å². The Hall–Kier alpha value is -3.45. The van der Waals surface area contributed by atoms with Crippen molar-refractivity contribution in [3.63, 3.8) is 0 Å². The van der Waals surface area contributed by atoms with Gasteiger partial charge in [-0.3, -0.25) is 9.59 Å². The number of rotatable bonds is 12. The minimum atomic E-state index is -0.833. The fraction of sp³-hybridized carbons (Fsp3) is 0.457. The lowest BCUT2D eigenvalue weighted by Crippen LogP contribution is -2.40. The third-order valence-electron chi connectivity index (χ3n) is 10.4. The molecule has 0 bridgehead atoms. The van der Waals surface area contributed by atoms with E-state index < -0.39 is 5.97 Å². The first-order chi connectivity index (χ1) is 25.7. The summed E-state index contributed by atoms with van der Waals surface area (Å²) < 4.78 is 0.